The Morgan fingerprint density at radius 3 is 2.21 bits per heavy atom. The van der Waals surface area contributed by atoms with Crippen LogP contribution in [0, 0.1) is 12.8 Å². The molecule has 0 saturated heterocycles. The van der Waals surface area contributed by atoms with Gasteiger partial charge >= 0.3 is 0 Å². The Bertz CT molecular complexity index is 261. The Balaban J connectivity index is 2.63. The van der Waals surface area contributed by atoms with E-state index in [1.165, 1.54) is 11.1 Å². The molecule has 1 aromatic carbocycles. The van der Waals surface area contributed by atoms with E-state index in [-0.39, 0.29) is 5.38 Å². The molecular formula is C13H19Cl. The Morgan fingerprint density at radius 2 is 1.79 bits per heavy atom. The van der Waals surface area contributed by atoms with Crippen molar-refractivity contribution in [2.75, 3.05) is 0 Å². The van der Waals surface area contributed by atoms with Crippen molar-refractivity contribution in [3.63, 3.8) is 0 Å². The van der Waals surface area contributed by atoms with Gasteiger partial charge < -0.3 is 0 Å². The molecule has 0 radical (unpaired) electrons. The summed E-state index contributed by atoms with van der Waals surface area (Å²) in [6.45, 7) is 6.41. The normalized spacial score (nSPS) is 15.1. The zero-order chi connectivity index (χ0) is 10.6. The Morgan fingerprint density at radius 1 is 1.21 bits per heavy atom. The van der Waals surface area contributed by atoms with E-state index in [9.17, 15) is 0 Å². The molecule has 0 fully saturated rings. The van der Waals surface area contributed by atoms with Crippen LogP contribution in [-0.4, -0.2) is 5.38 Å². The van der Waals surface area contributed by atoms with Crippen molar-refractivity contribution in [3.05, 3.63) is 35.4 Å². The van der Waals surface area contributed by atoms with Gasteiger partial charge in [-0.1, -0.05) is 43.2 Å². The highest BCUT2D eigenvalue weighted by Crippen LogP contribution is 2.20. The second-order valence-corrected chi connectivity index (χ2v) is 4.72. The monoisotopic (exact) mass is 210 g/mol. The van der Waals surface area contributed by atoms with Gasteiger partial charge in [0.05, 0.1) is 0 Å². The summed E-state index contributed by atoms with van der Waals surface area (Å²) < 4.78 is 0. The Labute approximate surface area is 92.3 Å². The van der Waals surface area contributed by atoms with Gasteiger partial charge in [0.2, 0.25) is 0 Å². The first-order valence-electron chi connectivity index (χ1n) is 5.33. The average Bonchev–Trinajstić information content (AvgIpc) is 2.16. The van der Waals surface area contributed by atoms with Crippen molar-refractivity contribution in [1.82, 2.24) is 0 Å². The summed E-state index contributed by atoms with van der Waals surface area (Å²) in [5.41, 5.74) is 2.72. The standard InChI is InChI=1S/C13H19Cl/c1-4-13(11(3)14)9-12-7-5-10(2)6-8-12/h5-8,11,13H,4,9H2,1-3H3. The quantitative estimate of drug-likeness (QED) is 0.654. The minimum Gasteiger partial charge on any atom is -0.123 e. The molecule has 0 aromatic heterocycles. The fourth-order valence-electron chi connectivity index (χ4n) is 1.66. The van der Waals surface area contributed by atoms with Crippen LogP contribution in [0.15, 0.2) is 24.3 Å². The van der Waals surface area contributed by atoms with E-state index in [1.54, 1.807) is 0 Å². The maximum absolute atomic E-state index is 6.13. The first-order valence-corrected chi connectivity index (χ1v) is 5.76. The molecule has 0 heterocycles. The third kappa shape index (κ3) is 3.34. The minimum absolute atomic E-state index is 0.265. The highest BCUT2D eigenvalue weighted by atomic mass is 35.5. The van der Waals surface area contributed by atoms with Crippen LogP contribution < -0.4 is 0 Å². The number of alkyl halides is 1. The zero-order valence-corrected chi connectivity index (χ0v) is 10.0. The topological polar surface area (TPSA) is 0 Å². The summed E-state index contributed by atoms with van der Waals surface area (Å²) in [6.07, 6.45) is 2.25. The van der Waals surface area contributed by atoms with E-state index in [0.29, 0.717) is 5.92 Å². The maximum atomic E-state index is 6.13. The van der Waals surface area contributed by atoms with Gasteiger partial charge in [-0.2, -0.15) is 0 Å². The summed E-state index contributed by atoms with van der Waals surface area (Å²) in [7, 11) is 0. The molecule has 1 heteroatoms. The number of hydrogen-bond donors (Lipinski definition) is 0. The lowest BCUT2D eigenvalue weighted by molar-refractivity contribution is 0.497. The molecule has 0 spiro atoms. The number of rotatable bonds is 4. The minimum atomic E-state index is 0.265. The SMILES string of the molecule is CCC(Cc1ccc(C)cc1)C(C)Cl. The van der Waals surface area contributed by atoms with Crippen LogP contribution in [0.25, 0.3) is 0 Å². The van der Waals surface area contributed by atoms with E-state index in [0.717, 1.165) is 12.8 Å². The van der Waals surface area contributed by atoms with Crippen molar-refractivity contribution in [1.29, 1.82) is 0 Å². The fraction of sp³-hybridized carbons (Fsp3) is 0.538. The molecular weight excluding hydrogens is 192 g/mol. The van der Waals surface area contributed by atoms with Gasteiger partial charge in [-0.05, 0) is 31.7 Å². The molecule has 0 N–H and O–H groups in total. The van der Waals surface area contributed by atoms with Crippen LogP contribution in [0.3, 0.4) is 0 Å². The van der Waals surface area contributed by atoms with Crippen LogP contribution in [0.5, 0.6) is 0 Å². The van der Waals surface area contributed by atoms with E-state index >= 15 is 0 Å². The van der Waals surface area contributed by atoms with Crippen molar-refractivity contribution in [2.45, 2.75) is 39.0 Å². The molecule has 0 nitrogen and oxygen atoms in total. The molecule has 1 rings (SSSR count). The highest BCUT2D eigenvalue weighted by Gasteiger charge is 2.12. The van der Waals surface area contributed by atoms with Gasteiger partial charge in [-0.25, -0.2) is 0 Å². The van der Waals surface area contributed by atoms with Crippen molar-refractivity contribution >= 4 is 11.6 Å². The van der Waals surface area contributed by atoms with Crippen LogP contribution in [0.1, 0.15) is 31.4 Å². The molecule has 0 aliphatic carbocycles. The smallest absolute Gasteiger partial charge is 0.0339 e. The highest BCUT2D eigenvalue weighted by molar-refractivity contribution is 6.20. The summed E-state index contributed by atoms with van der Waals surface area (Å²) in [4.78, 5) is 0. The third-order valence-electron chi connectivity index (χ3n) is 2.79. The fourth-order valence-corrected chi connectivity index (χ4v) is 1.93. The van der Waals surface area contributed by atoms with Crippen LogP contribution in [0.2, 0.25) is 0 Å². The molecule has 78 valence electrons. The molecule has 2 unspecified atom stereocenters. The number of aryl methyl sites for hydroxylation is 1. The number of benzene rings is 1. The molecule has 0 aliphatic rings. The lowest BCUT2D eigenvalue weighted by atomic mass is 9.94. The molecule has 0 amide bonds. The summed E-state index contributed by atoms with van der Waals surface area (Å²) >= 11 is 6.13. The number of hydrogen-bond acceptors (Lipinski definition) is 0. The van der Waals surface area contributed by atoms with Gasteiger partial charge in [0, 0.05) is 5.38 Å². The Kier molecular flexibility index (Phi) is 4.47. The van der Waals surface area contributed by atoms with Gasteiger partial charge in [0.15, 0.2) is 0 Å². The predicted octanol–water partition coefficient (Wildman–Crippen LogP) is 4.19. The van der Waals surface area contributed by atoms with Gasteiger partial charge in [-0.3, -0.25) is 0 Å². The summed E-state index contributed by atoms with van der Waals surface area (Å²) in [5, 5.41) is 0.265. The molecule has 0 saturated carbocycles. The summed E-state index contributed by atoms with van der Waals surface area (Å²) in [5.74, 6) is 0.597. The average molecular weight is 211 g/mol. The number of halogens is 1. The van der Waals surface area contributed by atoms with E-state index in [2.05, 4.69) is 45.0 Å². The van der Waals surface area contributed by atoms with Crippen molar-refractivity contribution in [2.24, 2.45) is 5.92 Å². The predicted molar refractivity (Wildman–Crippen MR) is 64.0 cm³/mol. The van der Waals surface area contributed by atoms with Gasteiger partial charge in [0.25, 0.3) is 0 Å². The first kappa shape index (κ1) is 11.6. The molecule has 14 heavy (non-hydrogen) atoms. The van der Waals surface area contributed by atoms with Crippen molar-refractivity contribution < 1.29 is 0 Å². The maximum Gasteiger partial charge on any atom is 0.0339 e. The Hall–Kier alpha value is -0.490. The molecule has 0 bridgehead atoms. The second-order valence-electron chi connectivity index (χ2n) is 4.04. The molecule has 1 aromatic rings. The largest absolute Gasteiger partial charge is 0.123 e. The summed E-state index contributed by atoms with van der Waals surface area (Å²) in [6, 6.07) is 8.75. The van der Waals surface area contributed by atoms with E-state index in [4.69, 9.17) is 11.6 Å². The van der Waals surface area contributed by atoms with E-state index in [1.807, 2.05) is 0 Å². The van der Waals surface area contributed by atoms with Gasteiger partial charge in [-0.15, -0.1) is 11.6 Å². The second kappa shape index (κ2) is 5.41. The first-order chi connectivity index (χ1) is 6.63. The molecule has 2 atom stereocenters. The third-order valence-corrected chi connectivity index (χ3v) is 3.15. The van der Waals surface area contributed by atoms with Crippen LogP contribution in [-0.2, 0) is 6.42 Å². The van der Waals surface area contributed by atoms with Crippen LogP contribution >= 0.6 is 11.6 Å². The lowest BCUT2D eigenvalue weighted by Crippen LogP contribution is -2.13. The lowest BCUT2D eigenvalue weighted by Gasteiger charge is -2.17. The van der Waals surface area contributed by atoms with Crippen molar-refractivity contribution in [3.8, 4) is 0 Å². The zero-order valence-electron chi connectivity index (χ0n) is 9.26. The van der Waals surface area contributed by atoms with E-state index < -0.39 is 0 Å². The van der Waals surface area contributed by atoms with Crippen LogP contribution in [0.4, 0.5) is 0 Å². The van der Waals surface area contributed by atoms with Gasteiger partial charge in [0.1, 0.15) is 0 Å². The molecule has 0 aliphatic heterocycles.